The van der Waals surface area contributed by atoms with E-state index in [1.807, 2.05) is 80.6 Å². The third-order valence-corrected chi connectivity index (χ3v) is 17.0. The number of amides is 4. The molecule has 0 radical (unpaired) electrons. The van der Waals surface area contributed by atoms with E-state index in [1.165, 1.54) is 16.2 Å². The van der Waals surface area contributed by atoms with Crippen molar-refractivity contribution in [3.63, 3.8) is 0 Å². The number of unbranched alkanes of at least 4 members (excludes halogenated alkanes) is 4. The van der Waals surface area contributed by atoms with E-state index in [2.05, 4.69) is 59.9 Å². The molecule has 16 nitrogen and oxygen atoms in total. The van der Waals surface area contributed by atoms with E-state index >= 15 is 0 Å². The molecule has 2 unspecified atom stereocenters. The Morgan fingerprint density at radius 3 is 2.24 bits per heavy atom. The first-order valence-corrected chi connectivity index (χ1v) is 28.3. The number of aryl methyl sites for hydroxylation is 1. The molecular formula is C59H76N10O6S. The molecule has 4 aliphatic heterocycles. The predicted octanol–water partition coefficient (Wildman–Crippen LogP) is 8.04. The minimum atomic E-state index is -0.869. The second-order valence-electron chi connectivity index (χ2n) is 22.6. The maximum absolute atomic E-state index is 14.1. The van der Waals surface area contributed by atoms with Gasteiger partial charge in [0.25, 0.3) is 0 Å². The Kier molecular flexibility index (Phi) is 17.2. The largest absolute Gasteiger partial charge is 0.507 e. The molecule has 4 fully saturated rings. The summed E-state index contributed by atoms with van der Waals surface area (Å²) in [6.07, 6.45) is 9.45. The number of aromatic nitrogens is 3. The van der Waals surface area contributed by atoms with Gasteiger partial charge in [0.15, 0.2) is 5.82 Å². The van der Waals surface area contributed by atoms with Gasteiger partial charge in [-0.1, -0.05) is 88.6 Å². The van der Waals surface area contributed by atoms with Gasteiger partial charge < -0.3 is 46.2 Å². The Hall–Kier alpha value is -6.59. The van der Waals surface area contributed by atoms with Crippen LogP contribution in [0.25, 0.3) is 21.7 Å². The SMILES string of the molecule is Cc1ncsc1-c1ccc(CNC(=O)[C@@H]2C[C@H](O)CN2C(=O)[C@@H](NC(=O)CCCCCCCC(=O)N2CCC(Cc3cccc(N4C5CCC4CN(c4cc(-c6ccccc6O)nnc4N)C5)c3)CC2)C(C)(C)C)cc1. The summed E-state index contributed by atoms with van der Waals surface area (Å²) in [5.74, 6) is 0.392. The number of hydrogen-bond donors (Lipinski definition) is 5. The van der Waals surface area contributed by atoms with Gasteiger partial charge in [-0.05, 0) is 110 Å². The Morgan fingerprint density at radius 2 is 1.54 bits per heavy atom. The van der Waals surface area contributed by atoms with Crippen LogP contribution in [0.15, 0.2) is 84.4 Å². The molecule has 0 saturated carbocycles. The third kappa shape index (κ3) is 13.0. The van der Waals surface area contributed by atoms with Crippen molar-refractivity contribution in [2.75, 3.05) is 48.3 Å². The van der Waals surface area contributed by atoms with Gasteiger partial charge in [-0.3, -0.25) is 19.2 Å². The van der Waals surface area contributed by atoms with Gasteiger partial charge in [-0.25, -0.2) is 4.98 Å². The lowest BCUT2D eigenvalue weighted by Crippen LogP contribution is -2.57. The van der Waals surface area contributed by atoms with Gasteiger partial charge in [0.2, 0.25) is 23.6 Å². The van der Waals surface area contributed by atoms with Gasteiger partial charge >= 0.3 is 0 Å². The van der Waals surface area contributed by atoms with Crippen LogP contribution in [0.2, 0.25) is 0 Å². The number of para-hydroxylation sites is 1. The van der Waals surface area contributed by atoms with Gasteiger partial charge in [-0.2, -0.15) is 0 Å². The minimum absolute atomic E-state index is 0.0242. The highest BCUT2D eigenvalue weighted by Crippen LogP contribution is 2.40. The smallest absolute Gasteiger partial charge is 0.246 e. The molecule has 2 bridgehead atoms. The Labute approximate surface area is 451 Å². The number of fused-ring (bicyclic) bond motifs is 2. The number of phenols is 1. The molecule has 5 aromatic rings. The summed E-state index contributed by atoms with van der Waals surface area (Å²) in [7, 11) is 0. The van der Waals surface area contributed by atoms with E-state index in [-0.39, 0.29) is 55.3 Å². The molecule has 0 aliphatic carbocycles. The fourth-order valence-electron chi connectivity index (χ4n) is 11.8. The quantitative estimate of drug-likeness (QED) is 0.0498. The fourth-order valence-corrected chi connectivity index (χ4v) is 12.6. The van der Waals surface area contributed by atoms with Crippen LogP contribution >= 0.6 is 11.3 Å². The lowest BCUT2D eigenvalue weighted by molar-refractivity contribution is -0.144. The van der Waals surface area contributed by atoms with Gasteiger partial charge in [0, 0.05) is 81.9 Å². The van der Waals surface area contributed by atoms with Crippen molar-refractivity contribution < 1.29 is 29.4 Å². The molecule has 4 amide bonds. The minimum Gasteiger partial charge on any atom is -0.507 e. The Morgan fingerprint density at radius 1 is 0.829 bits per heavy atom. The van der Waals surface area contributed by atoms with Crippen LogP contribution in [0.1, 0.15) is 115 Å². The predicted molar refractivity (Wildman–Crippen MR) is 298 cm³/mol. The van der Waals surface area contributed by atoms with Crippen LogP contribution in [0.3, 0.4) is 0 Å². The van der Waals surface area contributed by atoms with Crippen molar-refractivity contribution in [1.82, 2.24) is 35.6 Å². The topological polar surface area (TPSA) is 210 Å². The molecule has 404 valence electrons. The standard InChI is InChI=1S/C59H76N10O6S/c1-38-54(76-37-62-38)42-21-19-40(20-22-42)33-61-57(74)50-31-46(70)36-68(50)58(75)55(59(2,3)4)63-52(72)17-8-6-5-7-9-18-53(73)66-27-25-39(26-28-66)29-41-13-12-14-43(30-41)69-44-23-24-45(69)35-67(34-44)49-32-48(64-65-56(49)60)47-15-10-11-16-51(47)71/h10-16,19-22,30,32,37,39,44-46,50,55,70-71H,5-9,17-18,23-29,31,33-36H2,1-4H3,(H2,60,65)(H,61,74)(H,63,72)/t44?,45?,46-,50-,55+/m0/s1. The zero-order valence-corrected chi connectivity index (χ0v) is 45.4. The number of piperidine rings is 1. The number of benzene rings is 3. The third-order valence-electron chi connectivity index (χ3n) is 16.0. The average molecular weight is 1050 g/mol. The number of carbonyl (C=O) groups is 4. The molecule has 9 rings (SSSR count). The summed E-state index contributed by atoms with van der Waals surface area (Å²) >= 11 is 1.58. The van der Waals surface area contributed by atoms with Crippen molar-refractivity contribution in [2.24, 2.45) is 11.3 Å². The number of phenolic OH excluding ortho intramolecular Hbond substituents is 1. The highest BCUT2D eigenvalue weighted by atomic mass is 32.1. The number of aliphatic hydroxyl groups excluding tert-OH is 1. The first-order chi connectivity index (χ1) is 36.6. The lowest BCUT2D eigenvalue weighted by Gasteiger charge is -2.43. The Bertz CT molecular complexity index is 2810. The molecule has 6 heterocycles. The number of nitrogen functional groups attached to an aromatic ring is 1. The highest BCUT2D eigenvalue weighted by Gasteiger charge is 2.45. The summed E-state index contributed by atoms with van der Waals surface area (Å²) in [5.41, 5.74) is 15.3. The van der Waals surface area contributed by atoms with E-state index in [0.29, 0.717) is 47.9 Å². The first kappa shape index (κ1) is 54.2. The highest BCUT2D eigenvalue weighted by molar-refractivity contribution is 7.13. The first-order valence-electron chi connectivity index (χ1n) is 27.5. The van der Waals surface area contributed by atoms with Crippen LogP contribution in [0, 0.1) is 18.3 Å². The van der Waals surface area contributed by atoms with E-state index in [4.69, 9.17) is 5.73 Å². The molecular weight excluding hydrogens is 977 g/mol. The number of nitrogens with one attached hydrogen (secondary N) is 2. The molecule has 3 aromatic carbocycles. The number of β-amino-alcohol motifs (C(OH)–C–C–N with tert-alkyl or cyclic N) is 1. The zero-order chi connectivity index (χ0) is 53.5. The fraction of sp³-hybridized carbons (Fsp3) is 0.508. The molecule has 76 heavy (non-hydrogen) atoms. The number of aromatic hydroxyl groups is 1. The lowest BCUT2D eigenvalue weighted by atomic mass is 9.85. The summed E-state index contributed by atoms with van der Waals surface area (Å²) in [4.78, 5) is 68.0. The molecule has 4 saturated heterocycles. The van der Waals surface area contributed by atoms with Crippen LogP contribution in [0.5, 0.6) is 5.75 Å². The summed E-state index contributed by atoms with van der Waals surface area (Å²) < 4.78 is 0. The molecule has 6 N–H and O–H groups in total. The second kappa shape index (κ2) is 24.2. The van der Waals surface area contributed by atoms with Crippen LogP contribution in [-0.4, -0.2) is 122 Å². The van der Waals surface area contributed by atoms with Crippen LogP contribution < -0.4 is 26.2 Å². The van der Waals surface area contributed by atoms with E-state index < -0.39 is 23.6 Å². The molecule has 4 aliphatic rings. The Balaban J connectivity index is 0.661. The number of nitrogens with zero attached hydrogens (tertiary/aromatic N) is 7. The monoisotopic (exact) mass is 1050 g/mol. The van der Waals surface area contributed by atoms with Gasteiger partial charge in [0.05, 0.1) is 33.6 Å². The van der Waals surface area contributed by atoms with Crippen molar-refractivity contribution in [3.05, 3.63) is 101 Å². The number of likely N-dealkylation sites (tertiary alicyclic amines) is 2. The van der Waals surface area contributed by atoms with Crippen molar-refractivity contribution in [1.29, 1.82) is 0 Å². The number of nitrogens with two attached hydrogens (primary N) is 1. The summed E-state index contributed by atoms with van der Waals surface area (Å²) in [5, 5.41) is 35.6. The van der Waals surface area contributed by atoms with Gasteiger partial charge in [-0.15, -0.1) is 21.5 Å². The summed E-state index contributed by atoms with van der Waals surface area (Å²) in [6.45, 7) is 11.2. The number of carbonyl (C=O) groups excluding carboxylic acids is 4. The number of anilines is 3. The maximum atomic E-state index is 14.1. The number of rotatable bonds is 19. The number of piperazine rings is 1. The van der Waals surface area contributed by atoms with Crippen molar-refractivity contribution in [3.8, 4) is 27.4 Å². The van der Waals surface area contributed by atoms with E-state index in [1.54, 1.807) is 23.5 Å². The van der Waals surface area contributed by atoms with Crippen molar-refractivity contribution in [2.45, 2.75) is 148 Å². The number of hydrogen-bond acceptors (Lipinski definition) is 13. The second-order valence-corrected chi connectivity index (χ2v) is 23.5. The molecule has 2 aromatic heterocycles. The molecule has 5 atom stereocenters. The molecule has 17 heteroatoms. The van der Waals surface area contributed by atoms with E-state index in [0.717, 1.165) is 111 Å². The number of aliphatic hydroxyl groups is 1. The van der Waals surface area contributed by atoms with Crippen molar-refractivity contribution >= 4 is 52.2 Å². The summed E-state index contributed by atoms with van der Waals surface area (Å²) in [6, 6.07) is 25.1. The average Bonchev–Trinajstić information content (AvgIpc) is 4.11. The van der Waals surface area contributed by atoms with Crippen LogP contribution in [-0.2, 0) is 32.1 Å². The van der Waals surface area contributed by atoms with Gasteiger partial charge in [0.1, 0.15) is 17.8 Å². The number of thiazole rings is 1. The maximum Gasteiger partial charge on any atom is 0.246 e. The van der Waals surface area contributed by atoms with Crippen LogP contribution in [0.4, 0.5) is 17.2 Å². The zero-order valence-electron chi connectivity index (χ0n) is 44.6. The molecule has 0 spiro atoms. The normalized spacial score (nSPS) is 20.2. The van der Waals surface area contributed by atoms with E-state index in [9.17, 15) is 29.4 Å².